The Morgan fingerprint density at radius 2 is 1.57 bits per heavy atom. The van der Waals surface area contributed by atoms with Gasteiger partial charge in [0.2, 0.25) is 0 Å². The number of aliphatic imine (C=N–C) groups is 1. The molecule has 0 spiro atoms. The lowest BCUT2D eigenvalue weighted by Crippen LogP contribution is -2.37. The van der Waals surface area contributed by atoms with Crippen molar-refractivity contribution in [3.63, 3.8) is 0 Å². The van der Waals surface area contributed by atoms with E-state index in [1.54, 1.807) is 0 Å². The molecule has 136 valence electrons. The molecule has 0 heterocycles. The van der Waals surface area contributed by atoms with Crippen LogP contribution in [0.25, 0.3) is 0 Å². The molecule has 6 N–H and O–H groups in total. The molecule has 1 atom stereocenters. The first-order valence-corrected chi connectivity index (χ1v) is 9.09. The minimum Gasteiger partial charge on any atom is -0.480 e. The Kier molecular flexibility index (Phi) is 14.7. The SMILES string of the molecule is CCCCCCCCCCCN[C@@H](CCCN=C(N)N)C(=O)O. The van der Waals surface area contributed by atoms with Crippen LogP contribution in [0.15, 0.2) is 4.99 Å². The molecule has 23 heavy (non-hydrogen) atoms. The first-order chi connectivity index (χ1) is 11.1. The van der Waals surface area contributed by atoms with Gasteiger partial charge >= 0.3 is 5.97 Å². The van der Waals surface area contributed by atoms with Gasteiger partial charge in [-0.1, -0.05) is 58.3 Å². The van der Waals surface area contributed by atoms with E-state index in [1.165, 1.54) is 51.4 Å². The second-order valence-corrected chi connectivity index (χ2v) is 6.12. The number of carboxylic acids is 1. The number of nitrogens with one attached hydrogen (secondary N) is 1. The van der Waals surface area contributed by atoms with Crippen molar-refractivity contribution in [3.05, 3.63) is 0 Å². The highest BCUT2D eigenvalue weighted by atomic mass is 16.4. The van der Waals surface area contributed by atoms with Crippen LogP contribution < -0.4 is 16.8 Å². The van der Waals surface area contributed by atoms with E-state index in [4.69, 9.17) is 11.5 Å². The van der Waals surface area contributed by atoms with Crippen LogP contribution in [0.2, 0.25) is 0 Å². The summed E-state index contributed by atoms with van der Waals surface area (Å²) < 4.78 is 0. The molecule has 0 unspecified atom stereocenters. The summed E-state index contributed by atoms with van der Waals surface area (Å²) in [5.41, 5.74) is 10.5. The molecule has 0 aromatic carbocycles. The van der Waals surface area contributed by atoms with Crippen LogP contribution in [0, 0.1) is 0 Å². The molecule has 0 aromatic heterocycles. The quantitative estimate of drug-likeness (QED) is 0.197. The summed E-state index contributed by atoms with van der Waals surface area (Å²) in [5, 5.41) is 12.3. The van der Waals surface area contributed by atoms with Crippen LogP contribution >= 0.6 is 0 Å². The predicted molar refractivity (Wildman–Crippen MR) is 96.6 cm³/mol. The van der Waals surface area contributed by atoms with Gasteiger partial charge in [-0.15, -0.1) is 0 Å². The zero-order valence-electron chi connectivity index (χ0n) is 14.7. The number of aliphatic carboxylic acids is 1. The second-order valence-electron chi connectivity index (χ2n) is 6.12. The third-order valence-electron chi connectivity index (χ3n) is 3.91. The summed E-state index contributed by atoms with van der Waals surface area (Å²) >= 11 is 0. The van der Waals surface area contributed by atoms with E-state index in [-0.39, 0.29) is 5.96 Å². The lowest BCUT2D eigenvalue weighted by molar-refractivity contribution is -0.139. The molecule has 0 aliphatic heterocycles. The molecule has 0 saturated heterocycles. The van der Waals surface area contributed by atoms with Gasteiger partial charge in [0.15, 0.2) is 5.96 Å². The van der Waals surface area contributed by atoms with Crippen molar-refractivity contribution in [1.82, 2.24) is 5.32 Å². The lowest BCUT2D eigenvalue weighted by Gasteiger charge is -2.13. The van der Waals surface area contributed by atoms with E-state index in [0.29, 0.717) is 19.4 Å². The molecule has 0 aliphatic carbocycles. The number of nitrogens with two attached hydrogens (primary N) is 2. The standard InChI is InChI=1S/C17H36N4O2/c1-2-3-4-5-6-7-8-9-10-13-20-15(16(22)23)12-11-14-21-17(18)19/h15,20H,2-14H2,1H3,(H,22,23)(H4,18,19,21)/t15-/m0/s1. The molecule has 0 bridgehead atoms. The highest BCUT2D eigenvalue weighted by molar-refractivity contribution is 5.75. The molecule has 0 radical (unpaired) electrons. The average molecular weight is 329 g/mol. The number of hydrogen-bond donors (Lipinski definition) is 4. The summed E-state index contributed by atoms with van der Waals surface area (Å²) in [5.74, 6) is -0.745. The van der Waals surface area contributed by atoms with Crippen molar-refractivity contribution in [2.45, 2.75) is 83.6 Å². The number of carbonyl (C=O) groups is 1. The molecule has 0 amide bonds. The summed E-state index contributed by atoms with van der Waals surface area (Å²) in [4.78, 5) is 15.0. The van der Waals surface area contributed by atoms with Crippen LogP contribution in [0.1, 0.15) is 77.6 Å². The molecular formula is C17H36N4O2. The fourth-order valence-electron chi connectivity index (χ4n) is 2.53. The van der Waals surface area contributed by atoms with Crippen LogP contribution in [0.4, 0.5) is 0 Å². The van der Waals surface area contributed by atoms with Crippen molar-refractivity contribution in [3.8, 4) is 0 Å². The highest BCUT2D eigenvalue weighted by Gasteiger charge is 2.15. The molecule has 6 heteroatoms. The van der Waals surface area contributed by atoms with Gasteiger partial charge in [0.25, 0.3) is 0 Å². The highest BCUT2D eigenvalue weighted by Crippen LogP contribution is 2.09. The van der Waals surface area contributed by atoms with E-state index in [2.05, 4.69) is 17.2 Å². The topological polar surface area (TPSA) is 114 Å². The molecule has 0 aromatic rings. The largest absolute Gasteiger partial charge is 0.480 e. The fourth-order valence-corrected chi connectivity index (χ4v) is 2.53. The van der Waals surface area contributed by atoms with Gasteiger partial charge in [0.1, 0.15) is 6.04 Å². The Labute approximate surface area is 141 Å². The minimum absolute atomic E-state index is 0.0551. The van der Waals surface area contributed by atoms with Crippen LogP contribution in [-0.4, -0.2) is 36.2 Å². The maximum Gasteiger partial charge on any atom is 0.320 e. The third-order valence-corrected chi connectivity index (χ3v) is 3.91. The monoisotopic (exact) mass is 328 g/mol. The Morgan fingerprint density at radius 1 is 1.00 bits per heavy atom. The average Bonchev–Trinajstić information content (AvgIpc) is 2.50. The number of unbranched alkanes of at least 4 members (excludes halogenated alkanes) is 8. The summed E-state index contributed by atoms with van der Waals surface area (Å²) in [7, 11) is 0. The van der Waals surface area contributed by atoms with Crippen molar-refractivity contribution < 1.29 is 9.90 Å². The maximum atomic E-state index is 11.2. The van der Waals surface area contributed by atoms with E-state index < -0.39 is 12.0 Å². The van der Waals surface area contributed by atoms with Gasteiger partial charge in [-0.05, 0) is 25.8 Å². The Hall–Kier alpha value is -1.30. The smallest absolute Gasteiger partial charge is 0.320 e. The molecular weight excluding hydrogens is 292 g/mol. The van der Waals surface area contributed by atoms with Gasteiger partial charge in [-0.25, -0.2) is 0 Å². The van der Waals surface area contributed by atoms with Gasteiger partial charge in [-0.3, -0.25) is 9.79 Å². The number of rotatable bonds is 16. The van der Waals surface area contributed by atoms with Crippen molar-refractivity contribution in [2.24, 2.45) is 16.5 Å². The number of carboxylic acid groups (broad SMARTS) is 1. The van der Waals surface area contributed by atoms with Crippen molar-refractivity contribution in [2.75, 3.05) is 13.1 Å². The van der Waals surface area contributed by atoms with Crippen molar-refractivity contribution in [1.29, 1.82) is 0 Å². The zero-order chi connectivity index (χ0) is 17.3. The molecule has 0 fully saturated rings. The van der Waals surface area contributed by atoms with Crippen LogP contribution in [0.5, 0.6) is 0 Å². The summed E-state index contributed by atoms with van der Waals surface area (Å²) in [6, 6.07) is -0.502. The first kappa shape index (κ1) is 21.7. The Morgan fingerprint density at radius 3 is 2.09 bits per heavy atom. The lowest BCUT2D eigenvalue weighted by atomic mass is 10.1. The Balaban J connectivity index is 3.54. The fraction of sp³-hybridized carbons (Fsp3) is 0.882. The van der Waals surface area contributed by atoms with Crippen LogP contribution in [-0.2, 0) is 4.79 Å². The first-order valence-electron chi connectivity index (χ1n) is 9.09. The molecule has 0 saturated carbocycles. The van der Waals surface area contributed by atoms with Crippen molar-refractivity contribution >= 4 is 11.9 Å². The number of guanidine groups is 1. The molecule has 0 aliphatic rings. The van der Waals surface area contributed by atoms with E-state index >= 15 is 0 Å². The van der Waals surface area contributed by atoms with E-state index in [9.17, 15) is 9.90 Å². The third kappa shape index (κ3) is 15.4. The van der Waals surface area contributed by atoms with Gasteiger partial charge < -0.3 is 21.9 Å². The predicted octanol–water partition coefficient (Wildman–Crippen LogP) is 2.61. The number of nitrogens with zero attached hydrogens (tertiary/aromatic N) is 1. The Bertz CT molecular complexity index is 318. The number of hydrogen-bond acceptors (Lipinski definition) is 3. The van der Waals surface area contributed by atoms with Gasteiger partial charge in [0, 0.05) is 6.54 Å². The second kappa shape index (κ2) is 15.6. The van der Waals surface area contributed by atoms with E-state index in [1.807, 2.05) is 0 Å². The van der Waals surface area contributed by atoms with E-state index in [0.717, 1.165) is 13.0 Å². The summed E-state index contributed by atoms with van der Waals surface area (Å²) in [6.45, 7) is 3.47. The normalized spacial score (nSPS) is 12.0. The molecule has 0 rings (SSSR count). The van der Waals surface area contributed by atoms with Crippen LogP contribution in [0.3, 0.4) is 0 Å². The summed E-state index contributed by atoms with van der Waals surface area (Å²) in [6.07, 6.45) is 12.6. The zero-order valence-corrected chi connectivity index (χ0v) is 14.7. The minimum atomic E-state index is -0.800. The van der Waals surface area contributed by atoms with Gasteiger partial charge in [-0.2, -0.15) is 0 Å². The maximum absolute atomic E-state index is 11.2. The molecule has 6 nitrogen and oxygen atoms in total. The van der Waals surface area contributed by atoms with Gasteiger partial charge in [0.05, 0.1) is 0 Å².